The number of para-hydroxylation sites is 2. The summed E-state index contributed by atoms with van der Waals surface area (Å²) in [4.78, 5) is 40.3. The molecule has 0 saturated carbocycles. The van der Waals surface area contributed by atoms with Gasteiger partial charge in [-0.1, -0.05) is 95.4 Å². The lowest BCUT2D eigenvalue weighted by Gasteiger charge is -2.48. The summed E-state index contributed by atoms with van der Waals surface area (Å²) >= 11 is 3.75. The first kappa shape index (κ1) is 26.6. The number of alkyl halides is 1. The molecule has 1 N–H and O–H groups in total. The van der Waals surface area contributed by atoms with Gasteiger partial charge >= 0.3 is 5.97 Å². The molecule has 7 nitrogen and oxygen atoms in total. The van der Waals surface area contributed by atoms with Crippen molar-refractivity contribution < 1.29 is 23.9 Å². The number of carbonyl (C=O) groups is 3. The third-order valence-corrected chi connectivity index (χ3v) is 10.4. The summed E-state index contributed by atoms with van der Waals surface area (Å²) < 4.78 is 10.9. The van der Waals surface area contributed by atoms with Crippen LogP contribution in [0.5, 0.6) is 11.5 Å². The number of hydrogen-bond acceptors (Lipinski definition) is 6. The van der Waals surface area contributed by atoms with Crippen molar-refractivity contribution in [3.05, 3.63) is 96.1 Å². The van der Waals surface area contributed by atoms with Crippen LogP contribution >= 0.6 is 34.4 Å². The summed E-state index contributed by atoms with van der Waals surface area (Å²) in [6.45, 7) is 3.27. The highest BCUT2D eigenvalue weighted by Gasteiger charge is 2.72. The summed E-state index contributed by atoms with van der Waals surface area (Å²) in [7, 11) is 0. The van der Waals surface area contributed by atoms with E-state index in [9.17, 15) is 14.4 Å². The SMILES string of the molecule is CC(=O)NC1(C(=O)OC(c2ccccc2)c2ccccc2)N2C(=O)C[C@H]2SC1(C)CI.c1ccc2c(c1)O2. The van der Waals surface area contributed by atoms with E-state index in [1.807, 2.05) is 91.9 Å². The second kappa shape index (κ2) is 10.6. The third-order valence-electron chi connectivity index (χ3n) is 6.79. The first-order valence-corrected chi connectivity index (χ1v) is 14.6. The van der Waals surface area contributed by atoms with Crippen LogP contribution in [0.1, 0.15) is 37.5 Å². The number of halogens is 1. The molecule has 2 amide bonds. The van der Waals surface area contributed by atoms with Crippen LogP contribution in [0, 0.1) is 0 Å². The molecule has 0 radical (unpaired) electrons. The van der Waals surface area contributed by atoms with Crippen LogP contribution in [0.15, 0.2) is 84.9 Å². The van der Waals surface area contributed by atoms with E-state index in [1.165, 1.54) is 11.8 Å². The minimum atomic E-state index is -1.56. The van der Waals surface area contributed by atoms with Gasteiger partial charge in [0, 0.05) is 11.4 Å². The number of amides is 2. The van der Waals surface area contributed by atoms with Crippen LogP contribution in [-0.2, 0) is 19.1 Å². The number of nitrogens with one attached hydrogen (secondary N) is 1. The number of rotatable bonds is 6. The van der Waals surface area contributed by atoms with E-state index < -0.39 is 22.5 Å². The van der Waals surface area contributed by atoms with Crippen molar-refractivity contribution in [3.63, 3.8) is 0 Å². The smallest absolute Gasteiger partial charge is 0.355 e. The molecule has 3 atom stereocenters. The van der Waals surface area contributed by atoms with Gasteiger partial charge in [-0.25, -0.2) is 4.79 Å². The summed E-state index contributed by atoms with van der Waals surface area (Å²) in [6.07, 6.45) is -0.314. The summed E-state index contributed by atoms with van der Waals surface area (Å²) in [6, 6.07) is 26.8. The zero-order valence-electron chi connectivity index (χ0n) is 20.9. The quantitative estimate of drug-likeness (QED) is 0.0991. The van der Waals surface area contributed by atoms with E-state index in [0.29, 0.717) is 10.8 Å². The first-order valence-electron chi connectivity index (χ1n) is 12.2. The minimum Gasteiger partial charge on any atom is -0.450 e. The second-order valence-electron chi connectivity index (χ2n) is 9.45. The van der Waals surface area contributed by atoms with Crippen LogP contribution in [-0.4, -0.2) is 42.9 Å². The average Bonchev–Trinajstić information content (AvgIpc) is 3.68. The Labute approximate surface area is 239 Å². The predicted octanol–water partition coefficient (Wildman–Crippen LogP) is 5.44. The number of fused-ring (bicyclic) bond motifs is 2. The fourth-order valence-electron chi connectivity index (χ4n) is 4.85. The molecule has 38 heavy (non-hydrogen) atoms. The first-order chi connectivity index (χ1) is 18.3. The Kier molecular flexibility index (Phi) is 7.41. The van der Waals surface area contributed by atoms with Crippen molar-refractivity contribution >= 4 is 52.1 Å². The van der Waals surface area contributed by atoms with E-state index >= 15 is 0 Å². The maximum atomic E-state index is 13.9. The van der Waals surface area contributed by atoms with E-state index in [2.05, 4.69) is 27.9 Å². The zero-order valence-corrected chi connectivity index (χ0v) is 23.9. The molecule has 0 aromatic heterocycles. The van der Waals surface area contributed by atoms with Gasteiger partial charge in [0.25, 0.3) is 0 Å². The summed E-state index contributed by atoms with van der Waals surface area (Å²) in [5, 5.41) is 2.68. The molecule has 2 saturated heterocycles. The van der Waals surface area contributed by atoms with Crippen molar-refractivity contribution in [2.75, 3.05) is 4.43 Å². The fourth-order valence-corrected chi connectivity index (χ4v) is 7.62. The number of carbonyl (C=O) groups excluding carboxylic acids is 3. The van der Waals surface area contributed by atoms with Crippen molar-refractivity contribution in [2.45, 2.75) is 42.2 Å². The van der Waals surface area contributed by atoms with Gasteiger partial charge in [-0.05, 0) is 30.2 Å². The molecular formula is C29H27IN2O5S. The topological polar surface area (TPSA) is 88.2 Å². The fraction of sp³-hybridized carbons (Fsp3) is 0.276. The normalized spacial score (nSPS) is 24.2. The molecule has 0 aliphatic carbocycles. The van der Waals surface area contributed by atoms with Crippen molar-refractivity contribution in [1.82, 2.24) is 10.2 Å². The van der Waals surface area contributed by atoms with E-state index in [0.717, 1.165) is 22.6 Å². The lowest BCUT2D eigenvalue weighted by molar-refractivity contribution is -0.179. The standard InChI is InChI=1S/C23H23IN2O4S.C6H4O/c1-15(27)25-23(22(2,14-24)31-19-13-18(28)26(19)23)21(29)30-20(16-9-5-3-6-10-16)17-11-7-4-8-12-17;1-2-4-6-5(3-1)7-6/h3-12,19-20H,13-14H2,1-2H3,(H,25,27);1-4H/t19-,22?,23?;/m1./s1. The van der Waals surface area contributed by atoms with Crippen LogP contribution in [0.2, 0.25) is 0 Å². The number of hydrogen-bond donors (Lipinski definition) is 1. The van der Waals surface area contributed by atoms with Crippen LogP contribution < -0.4 is 10.1 Å². The van der Waals surface area contributed by atoms with Gasteiger partial charge in [0.1, 0.15) is 0 Å². The molecule has 196 valence electrons. The van der Waals surface area contributed by atoms with Gasteiger partial charge in [0.05, 0.1) is 16.5 Å². The molecule has 3 aromatic carbocycles. The van der Waals surface area contributed by atoms with Gasteiger partial charge < -0.3 is 14.8 Å². The zero-order chi connectivity index (χ0) is 26.9. The Morgan fingerprint density at radius 3 is 2.00 bits per heavy atom. The van der Waals surface area contributed by atoms with Crippen molar-refractivity contribution in [1.29, 1.82) is 0 Å². The molecule has 0 spiro atoms. The molecule has 2 fully saturated rings. The largest absolute Gasteiger partial charge is 0.450 e. The highest BCUT2D eigenvalue weighted by molar-refractivity contribution is 14.1. The van der Waals surface area contributed by atoms with Gasteiger partial charge in [-0.3, -0.25) is 14.5 Å². The Balaban J connectivity index is 0.000000358. The number of thioether (sulfide) groups is 1. The summed E-state index contributed by atoms with van der Waals surface area (Å²) in [5.41, 5.74) is 0.0636. The van der Waals surface area contributed by atoms with E-state index in [4.69, 9.17) is 9.47 Å². The molecule has 3 aliphatic heterocycles. The average molecular weight is 643 g/mol. The van der Waals surface area contributed by atoms with Crippen LogP contribution in [0.4, 0.5) is 0 Å². The second-order valence-corrected chi connectivity index (χ2v) is 11.9. The Morgan fingerprint density at radius 1 is 1.03 bits per heavy atom. The number of benzene rings is 3. The van der Waals surface area contributed by atoms with Gasteiger partial charge in [-0.2, -0.15) is 0 Å². The van der Waals surface area contributed by atoms with E-state index in [-0.39, 0.29) is 17.2 Å². The van der Waals surface area contributed by atoms with Crippen molar-refractivity contribution in [3.8, 4) is 11.5 Å². The molecular weight excluding hydrogens is 615 g/mol. The molecule has 6 rings (SSSR count). The van der Waals surface area contributed by atoms with Gasteiger partial charge in [0.15, 0.2) is 17.6 Å². The van der Waals surface area contributed by atoms with Crippen LogP contribution in [0.25, 0.3) is 0 Å². The molecule has 3 aliphatic rings. The molecule has 3 heterocycles. The van der Waals surface area contributed by atoms with Crippen molar-refractivity contribution in [2.24, 2.45) is 0 Å². The maximum Gasteiger partial charge on any atom is 0.355 e. The number of ether oxygens (including phenoxy) is 2. The van der Waals surface area contributed by atoms with Crippen LogP contribution in [0.3, 0.4) is 0 Å². The number of esters is 1. The minimum absolute atomic E-state index is 0.154. The lowest BCUT2D eigenvalue weighted by Crippen LogP contribution is -2.76. The Morgan fingerprint density at radius 2 is 1.55 bits per heavy atom. The highest BCUT2D eigenvalue weighted by Crippen LogP contribution is 2.57. The molecule has 2 unspecified atom stereocenters. The highest BCUT2D eigenvalue weighted by atomic mass is 127. The maximum absolute atomic E-state index is 13.9. The monoisotopic (exact) mass is 642 g/mol. The lowest BCUT2D eigenvalue weighted by atomic mass is 9.89. The van der Waals surface area contributed by atoms with E-state index in [1.54, 1.807) is 11.8 Å². The third kappa shape index (κ3) is 4.77. The van der Waals surface area contributed by atoms with Gasteiger partial charge in [0.2, 0.25) is 17.5 Å². The number of β-lactam (4-membered cyclic amide) rings is 1. The molecule has 0 bridgehead atoms. The summed E-state index contributed by atoms with van der Waals surface area (Å²) in [5.74, 6) is 0.894. The number of nitrogens with zero attached hydrogens (tertiary/aromatic N) is 1. The molecule has 3 aromatic rings. The van der Waals surface area contributed by atoms with Gasteiger partial charge in [-0.15, -0.1) is 11.8 Å². The predicted molar refractivity (Wildman–Crippen MR) is 154 cm³/mol. The molecule has 9 heteroatoms. The Bertz CT molecular complexity index is 1300. The Hall–Kier alpha value is -3.05.